The van der Waals surface area contributed by atoms with E-state index < -0.39 is 10.0 Å². The van der Waals surface area contributed by atoms with E-state index in [1.807, 2.05) is 19.1 Å². The highest BCUT2D eigenvalue weighted by atomic mass is 35.5. The number of halogens is 1. The Balaban J connectivity index is 2.25. The van der Waals surface area contributed by atoms with Crippen LogP contribution in [0.2, 0.25) is 0 Å². The van der Waals surface area contributed by atoms with Crippen LogP contribution in [-0.4, -0.2) is 24.3 Å². The molecule has 0 aliphatic rings. The van der Waals surface area contributed by atoms with Crippen molar-refractivity contribution in [3.8, 4) is 0 Å². The second-order valence-electron chi connectivity index (χ2n) is 4.13. The molecule has 0 unspecified atom stereocenters. The highest BCUT2D eigenvalue weighted by Gasteiger charge is 2.24. The molecule has 2 rings (SSSR count). The molecule has 2 heterocycles. The number of rotatable bonds is 6. The minimum Gasteiger partial charge on any atom is -0.260 e. The third kappa shape index (κ3) is 3.38. The van der Waals surface area contributed by atoms with Crippen LogP contribution in [0.3, 0.4) is 0 Å². The maximum absolute atomic E-state index is 12.6. The number of hydrogen-bond donors (Lipinski definition) is 0. The number of alkyl halides is 1. The second kappa shape index (κ2) is 6.67. The molecule has 2 aromatic rings. The number of nitrogens with zero attached hydrogens (tertiary/aromatic N) is 2. The molecule has 0 aromatic carbocycles. The maximum atomic E-state index is 12.6. The summed E-state index contributed by atoms with van der Waals surface area (Å²) in [7, 11) is -3.49. The van der Waals surface area contributed by atoms with Gasteiger partial charge in [0.25, 0.3) is 0 Å². The van der Waals surface area contributed by atoms with Crippen LogP contribution in [-0.2, 0) is 22.4 Å². The monoisotopic (exact) mass is 330 g/mol. The van der Waals surface area contributed by atoms with Gasteiger partial charge in [-0.05, 0) is 18.2 Å². The molecule has 0 atom stereocenters. The summed E-state index contributed by atoms with van der Waals surface area (Å²) in [6, 6.07) is 7.10. The first-order chi connectivity index (χ1) is 9.57. The molecule has 7 heteroatoms. The van der Waals surface area contributed by atoms with Gasteiger partial charge in [0.2, 0.25) is 10.0 Å². The lowest BCUT2D eigenvalue weighted by molar-refractivity contribution is 0.419. The van der Waals surface area contributed by atoms with Crippen molar-refractivity contribution >= 4 is 33.0 Å². The zero-order valence-corrected chi connectivity index (χ0v) is 13.4. The smallest absolute Gasteiger partial charge is 0.244 e. The Hall–Kier alpha value is -0.950. The van der Waals surface area contributed by atoms with Crippen LogP contribution in [0.4, 0.5) is 0 Å². The van der Waals surface area contributed by atoms with Crippen molar-refractivity contribution in [2.75, 3.05) is 6.54 Å². The quantitative estimate of drug-likeness (QED) is 0.765. The number of hydrogen-bond acceptors (Lipinski definition) is 4. The number of pyridine rings is 1. The van der Waals surface area contributed by atoms with Gasteiger partial charge >= 0.3 is 0 Å². The molecule has 0 bridgehead atoms. The average Bonchev–Trinajstić information content (AvgIpc) is 2.95. The fourth-order valence-electron chi connectivity index (χ4n) is 1.75. The first-order valence-electron chi connectivity index (χ1n) is 6.11. The fraction of sp³-hybridized carbons (Fsp3) is 0.308. The van der Waals surface area contributed by atoms with Crippen LogP contribution < -0.4 is 0 Å². The van der Waals surface area contributed by atoms with E-state index in [4.69, 9.17) is 11.6 Å². The van der Waals surface area contributed by atoms with Gasteiger partial charge in [0, 0.05) is 23.0 Å². The average molecular weight is 331 g/mol. The third-order valence-corrected chi connectivity index (χ3v) is 6.25. The second-order valence-corrected chi connectivity index (χ2v) is 7.34. The van der Waals surface area contributed by atoms with Crippen LogP contribution in [0.5, 0.6) is 0 Å². The minimum absolute atomic E-state index is 0.270. The SMILES string of the molecule is CCN(Cc1ccccn1)S(=O)(=O)c1csc(CCl)c1. The Morgan fingerprint density at radius 3 is 2.75 bits per heavy atom. The van der Waals surface area contributed by atoms with Crippen LogP contribution in [0, 0.1) is 0 Å². The van der Waals surface area contributed by atoms with Crippen molar-refractivity contribution in [1.29, 1.82) is 0 Å². The summed E-state index contributed by atoms with van der Waals surface area (Å²) in [6.07, 6.45) is 1.66. The summed E-state index contributed by atoms with van der Waals surface area (Å²) < 4.78 is 26.5. The Kier molecular flexibility index (Phi) is 5.15. The predicted octanol–water partition coefficient (Wildman–Crippen LogP) is 3.09. The highest BCUT2D eigenvalue weighted by Crippen LogP contribution is 2.24. The van der Waals surface area contributed by atoms with Crippen LogP contribution >= 0.6 is 22.9 Å². The number of aromatic nitrogens is 1. The van der Waals surface area contributed by atoms with Gasteiger partial charge in [0.05, 0.1) is 23.0 Å². The zero-order valence-electron chi connectivity index (χ0n) is 11.0. The lowest BCUT2D eigenvalue weighted by Gasteiger charge is -2.19. The zero-order chi connectivity index (χ0) is 14.6. The van der Waals surface area contributed by atoms with Crippen molar-refractivity contribution in [1.82, 2.24) is 9.29 Å². The van der Waals surface area contributed by atoms with E-state index in [0.29, 0.717) is 17.3 Å². The third-order valence-electron chi connectivity index (χ3n) is 2.82. The fourth-order valence-corrected chi connectivity index (χ4v) is 4.55. The van der Waals surface area contributed by atoms with Gasteiger partial charge in [-0.2, -0.15) is 4.31 Å². The molecule has 0 fully saturated rings. The predicted molar refractivity (Wildman–Crippen MR) is 81.4 cm³/mol. The first kappa shape index (κ1) is 15.4. The Labute approximate surface area is 128 Å². The van der Waals surface area contributed by atoms with Crippen molar-refractivity contribution in [2.45, 2.75) is 24.2 Å². The molecular weight excluding hydrogens is 316 g/mol. The molecule has 108 valence electrons. The van der Waals surface area contributed by atoms with Gasteiger partial charge in [-0.15, -0.1) is 22.9 Å². The Bertz CT molecular complexity index is 656. The van der Waals surface area contributed by atoms with Crippen molar-refractivity contribution < 1.29 is 8.42 Å². The molecule has 0 radical (unpaired) electrons. The molecular formula is C13H15ClN2O2S2. The Morgan fingerprint density at radius 1 is 1.40 bits per heavy atom. The van der Waals surface area contributed by atoms with Crippen molar-refractivity contribution in [2.24, 2.45) is 0 Å². The maximum Gasteiger partial charge on any atom is 0.244 e. The van der Waals surface area contributed by atoms with E-state index in [2.05, 4.69) is 4.98 Å². The minimum atomic E-state index is -3.49. The molecule has 2 aromatic heterocycles. The summed E-state index contributed by atoms with van der Waals surface area (Å²) in [6.45, 7) is 2.48. The van der Waals surface area contributed by atoms with Gasteiger partial charge in [-0.1, -0.05) is 13.0 Å². The van der Waals surface area contributed by atoms with E-state index in [0.717, 1.165) is 10.6 Å². The van der Waals surface area contributed by atoms with Gasteiger partial charge in [0.1, 0.15) is 0 Å². The molecule has 0 amide bonds. The van der Waals surface area contributed by atoms with E-state index in [1.54, 1.807) is 23.7 Å². The standard InChI is InChI=1S/C13H15ClN2O2S2/c1-2-16(9-11-5-3-4-6-15-11)20(17,18)13-7-12(8-14)19-10-13/h3-7,10H,2,8-9H2,1H3. The topological polar surface area (TPSA) is 50.3 Å². The lowest BCUT2D eigenvalue weighted by Crippen LogP contribution is -2.30. The molecule has 0 saturated carbocycles. The summed E-state index contributed by atoms with van der Waals surface area (Å²) >= 11 is 7.08. The van der Waals surface area contributed by atoms with Gasteiger partial charge in [-0.25, -0.2) is 8.42 Å². The lowest BCUT2D eigenvalue weighted by atomic mass is 10.3. The molecule has 0 saturated heterocycles. The van der Waals surface area contributed by atoms with E-state index in [9.17, 15) is 8.42 Å². The van der Waals surface area contributed by atoms with Crippen molar-refractivity contribution in [3.63, 3.8) is 0 Å². The molecule has 0 aliphatic heterocycles. The highest BCUT2D eigenvalue weighted by molar-refractivity contribution is 7.89. The van der Waals surface area contributed by atoms with E-state index in [1.165, 1.54) is 15.6 Å². The largest absolute Gasteiger partial charge is 0.260 e. The molecule has 0 spiro atoms. The normalized spacial score (nSPS) is 11.9. The number of sulfonamides is 1. The summed E-state index contributed by atoms with van der Waals surface area (Å²) in [5.41, 5.74) is 0.728. The van der Waals surface area contributed by atoms with Gasteiger partial charge in [-0.3, -0.25) is 4.98 Å². The summed E-state index contributed by atoms with van der Waals surface area (Å²) in [4.78, 5) is 5.32. The van der Waals surface area contributed by atoms with Gasteiger partial charge in [0.15, 0.2) is 0 Å². The van der Waals surface area contributed by atoms with Crippen molar-refractivity contribution in [3.05, 3.63) is 46.4 Å². The van der Waals surface area contributed by atoms with E-state index in [-0.39, 0.29) is 6.54 Å². The number of thiophene rings is 1. The molecule has 0 aliphatic carbocycles. The van der Waals surface area contributed by atoms with Crippen LogP contribution in [0.25, 0.3) is 0 Å². The first-order valence-corrected chi connectivity index (χ1v) is 8.96. The molecule has 0 N–H and O–H groups in total. The van der Waals surface area contributed by atoms with Gasteiger partial charge < -0.3 is 0 Å². The van der Waals surface area contributed by atoms with E-state index >= 15 is 0 Å². The molecule has 20 heavy (non-hydrogen) atoms. The summed E-state index contributed by atoms with van der Waals surface area (Å²) in [5, 5.41) is 1.63. The molecule has 4 nitrogen and oxygen atoms in total. The van der Waals surface area contributed by atoms with Crippen LogP contribution in [0.1, 0.15) is 17.5 Å². The Morgan fingerprint density at radius 2 is 2.20 bits per heavy atom. The summed E-state index contributed by atoms with van der Waals surface area (Å²) in [5.74, 6) is 0.326. The van der Waals surface area contributed by atoms with Crippen LogP contribution in [0.15, 0.2) is 40.7 Å².